The zero-order valence-corrected chi connectivity index (χ0v) is 60.8. The number of aryl methyl sites for hydroxylation is 2. The fourth-order valence-corrected chi connectivity index (χ4v) is 10.9. The SMILES string of the molecule is CC(=O)OC[C@H]1O[C@@H](O[C@H]2[C@@H](OC(C)=O)[C@@H](COC(C)=O)O[C@@H](O[C@H]3[C@H](OC(C)=O)[C@@H](OC(C)=O)[C@H](NC(=O)CCCCCNC(=O)OCCOCCOCCNC(=O)c4cc(CCCOc5ccc(-c6noc(C)n6)cc5)on4)O[C@@H]3COC(C)=O)[C@@H]2OC(C)=O)[C@H](OC(C)=O)[C@@H](OC(C)=O)[C@H]1OC(C)=O. The predicted molar refractivity (Wildman–Crippen MR) is 349 cm³/mol. The van der Waals surface area contributed by atoms with Crippen LogP contribution in [0, 0.1) is 6.92 Å². The van der Waals surface area contributed by atoms with E-state index in [1.807, 2.05) is 24.3 Å². The maximum absolute atomic E-state index is 13.8. The molecule has 0 radical (unpaired) electrons. The molecule has 107 heavy (non-hydrogen) atoms. The third-order valence-electron chi connectivity index (χ3n) is 15.2. The first-order valence-corrected chi connectivity index (χ1v) is 34.0. The molecule has 1 aromatic carbocycles. The van der Waals surface area contributed by atoms with E-state index in [-0.39, 0.29) is 64.7 Å². The fraction of sp³-hybridized carbons (Fsp3) is 0.642. The smallest absolute Gasteiger partial charge is 0.407 e. The molecule has 3 saturated heterocycles. The van der Waals surface area contributed by atoms with Gasteiger partial charge in [0.15, 0.2) is 67.2 Å². The second kappa shape index (κ2) is 43.6. The van der Waals surface area contributed by atoms with Crippen molar-refractivity contribution < 1.29 is 161 Å². The zero-order chi connectivity index (χ0) is 78.3. The molecular weight excluding hydrogens is 1430 g/mol. The van der Waals surface area contributed by atoms with Crippen LogP contribution in [-0.4, -0.2) is 258 Å². The highest BCUT2D eigenvalue weighted by Gasteiger charge is 2.60. The van der Waals surface area contributed by atoms with Crippen LogP contribution in [0.5, 0.6) is 5.75 Å². The molecule has 2 aromatic heterocycles. The molecule has 0 saturated carbocycles. The number of benzene rings is 1. The summed E-state index contributed by atoms with van der Waals surface area (Å²) in [6.07, 6.45) is -27.0. The number of aromatic nitrogens is 3. The van der Waals surface area contributed by atoms with E-state index < -0.39 is 189 Å². The number of nitrogens with zero attached hydrogens (tertiary/aromatic N) is 3. The van der Waals surface area contributed by atoms with Gasteiger partial charge in [-0.15, -0.1) is 0 Å². The number of alkyl carbamates (subject to hydrolysis) is 1. The largest absolute Gasteiger partial charge is 0.494 e. The molecule has 15 atom stereocenters. The Morgan fingerprint density at radius 3 is 1.47 bits per heavy atom. The van der Waals surface area contributed by atoms with Crippen LogP contribution in [0.1, 0.15) is 123 Å². The van der Waals surface area contributed by atoms with Crippen molar-refractivity contribution in [2.24, 2.45) is 0 Å². The van der Waals surface area contributed by atoms with Crippen LogP contribution in [0.15, 0.2) is 39.4 Å². The monoisotopic (exact) mass is 1520 g/mol. The number of nitrogens with one attached hydrogen (secondary N) is 3. The first-order valence-electron chi connectivity index (χ1n) is 34.0. The van der Waals surface area contributed by atoms with Gasteiger partial charge in [-0.3, -0.25) is 57.5 Å². The van der Waals surface area contributed by atoms with E-state index in [9.17, 15) is 62.3 Å². The molecule has 3 amide bonds. The minimum Gasteiger partial charge on any atom is -0.494 e. The lowest BCUT2D eigenvalue weighted by Gasteiger charge is -2.50. The van der Waals surface area contributed by atoms with Gasteiger partial charge in [0.25, 0.3) is 5.91 Å². The average molecular weight is 1520 g/mol. The molecule has 0 unspecified atom stereocenters. The fourth-order valence-electron chi connectivity index (χ4n) is 10.9. The summed E-state index contributed by atoms with van der Waals surface area (Å²) < 4.78 is 120. The Hall–Kier alpha value is -10.0. The number of esters is 10. The standard InChI is InChI=1S/C67H90N6O34/c1-34-70-62(73-106-34)45-18-20-46(21-19-45)89-24-15-16-47-30-48(72-107-47)63(85)68-23-25-87-26-27-88-28-29-90-67(86)69-22-14-12-13-17-52(84)71-64-59(98-42(9)81)56(96-40(7)79)55(49(101-64)31-91-35(2)74)104-65-61(100-44(11)83)58(54(95-39(6)78)51(102-65)33-93-37(4)76)105-66-60(99-43(10)82)57(97-41(8)80)53(94-38(5)77)50(103-66)32-92-36(3)75/h18-21,30,49-51,53-61,64-66H,12-17,22-29,31-33H2,1-11H3,(H,68,85)(H,69,86)(H,71,84)/t49-,50-,51-,53+,54+,55-,56+,57+,58+,59-,60-,61-,64-,65+,66+/m1/s1. The number of hydrogen-bond acceptors (Lipinski definition) is 37. The van der Waals surface area contributed by atoms with Crippen LogP contribution in [0.2, 0.25) is 0 Å². The summed E-state index contributed by atoms with van der Waals surface area (Å²) in [5.74, 6) is -8.99. The van der Waals surface area contributed by atoms with Gasteiger partial charge in [-0.1, -0.05) is 16.7 Å². The first kappa shape index (κ1) is 85.9. The van der Waals surface area contributed by atoms with Crippen molar-refractivity contribution in [2.45, 2.75) is 207 Å². The molecule has 0 spiro atoms. The predicted octanol–water partition coefficient (Wildman–Crippen LogP) is 1.37. The Bertz CT molecular complexity index is 3470. The second-order valence-electron chi connectivity index (χ2n) is 24.0. The summed E-state index contributed by atoms with van der Waals surface area (Å²) >= 11 is 0. The number of unbranched alkanes of at least 4 members (excludes halogenated alkanes) is 2. The number of rotatable bonds is 40. The molecule has 40 nitrogen and oxygen atoms in total. The van der Waals surface area contributed by atoms with Gasteiger partial charge in [-0.2, -0.15) is 4.98 Å². The van der Waals surface area contributed by atoms with Gasteiger partial charge < -0.3 is 115 Å². The first-order chi connectivity index (χ1) is 50.9. The van der Waals surface area contributed by atoms with Crippen LogP contribution < -0.4 is 20.7 Å². The summed E-state index contributed by atoms with van der Waals surface area (Å²) in [6.45, 7) is 10.3. The van der Waals surface area contributed by atoms with Crippen LogP contribution in [-0.2, 0) is 144 Å². The van der Waals surface area contributed by atoms with E-state index in [4.69, 9.17) is 99.0 Å². The van der Waals surface area contributed by atoms with E-state index in [2.05, 4.69) is 31.2 Å². The molecule has 3 aromatic rings. The molecule has 40 heteroatoms. The van der Waals surface area contributed by atoms with Crippen molar-refractivity contribution in [3.63, 3.8) is 0 Å². The molecular formula is C67H90N6O34. The van der Waals surface area contributed by atoms with E-state index in [1.54, 1.807) is 13.0 Å². The van der Waals surface area contributed by atoms with Crippen LogP contribution in [0.4, 0.5) is 4.79 Å². The lowest BCUT2D eigenvalue weighted by molar-refractivity contribution is -0.375. The lowest BCUT2D eigenvalue weighted by atomic mass is 9.94. The number of carbonyl (C=O) groups excluding carboxylic acids is 13. The highest BCUT2D eigenvalue weighted by molar-refractivity contribution is 5.92. The third-order valence-corrected chi connectivity index (χ3v) is 15.2. The quantitative estimate of drug-likeness (QED) is 0.0411. The average Bonchev–Trinajstić information content (AvgIpc) is 1.10. The maximum Gasteiger partial charge on any atom is 0.407 e. The molecule has 3 aliphatic heterocycles. The van der Waals surface area contributed by atoms with Crippen LogP contribution in [0.25, 0.3) is 11.4 Å². The Balaban J connectivity index is 1.02. The second-order valence-corrected chi connectivity index (χ2v) is 24.0. The normalized spacial score (nSPS) is 23.8. The molecule has 3 fully saturated rings. The van der Waals surface area contributed by atoms with Crippen molar-refractivity contribution in [3.8, 4) is 17.1 Å². The lowest BCUT2D eigenvalue weighted by Crippen LogP contribution is -2.70. The van der Waals surface area contributed by atoms with Gasteiger partial charge in [-0.05, 0) is 43.5 Å². The number of ether oxygens (including phenoxy) is 19. The van der Waals surface area contributed by atoms with E-state index >= 15 is 0 Å². The zero-order valence-electron chi connectivity index (χ0n) is 60.8. The van der Waals surface area contributed by atoms with Crippen molar-refractivity contribution in [1.82, 2.24) is 31.2 Å². The Labute approximate surface area is 612 Å². The van der Waals surface area contributed by atoms with Crippen LogP contribution in [0.3, 0.4) is 0 Å². The molecule has 5 heterocycles. The van der Waals surface area contributed by atoms with E-state index in [1.165, 1.54) is 0 Å². The minimum atomic E-state index is -2.15. The topological polar surface area (TPSA) is 498 Å². The van der Waals surface area contributed by atoms with Gasteiger partial charge in [0.05, 0.1) is 33.0 Å². The summed E-state index contributed by atoms with van der Waals surface area (Å²) in [4.78, 5) is 171. The number of hydrogen-bond donors (Lipinski definition) is 3. The molecule has 3 N–H and O–H groups in total. The molecule has 6 rings (SSSR count). The Morgan fingerprint density at radius 2 is 0.925 bits per heavy atom. The molecule has 592 valence electrons. The minimum absolute atomic E-state index is 0.0507. The third kappa shape index (κ3) is 29.4. The Kier molecular flexibility index (Phi) is 35.0. The van der Waals surface area contributed by atoms with E-state index in [0.717, 1.165) is 74.8 Å². The summed E-state index contributed by atoms with van der Waals surface area (Å²) in [6, 6.07) is 8.84. The van der Waals surface area contributed by atoms with Gasteiger partial charge in [-0.25, -0.2) is 4.79 Å². The summed E-state index contributed by atoms with van der Waals surface area (Å²) in [5.41, 5.74) is 0.913. The highest BCUT2D eigenvalue weighted by Crippen LogP contribution is 2.38. The summed E-state index contributed by atoms with van der Waals surface area (Å²) in [7, 11) is 0. The van der Waals surface area contributed by atoms with E-state index in [0.29, 0.717) is 55.5 Å². The Morgan fingerprint density at radius 1 is 0.439 bits per heavy atom. The van der Waals surface area contributed by atoms with Crippen molar-refractivity contribution in [3.05, 3.63) is 47.7 Å². The van der Waals surface area contributed by atoms with Crippen molar-refractivity contribution >= 4 is 77.6 Å². The number of amides is 3. The van der Waals surface area contributed by atoms with Gasteiger partial charge in [0.2, 0.25) is 17.6 Å². The molecule has 0 aliphatic carbocycles. The highest BCUT2D eigenvalue weighted by atomic mass is 16.8. The number of carbonyl (C=O) groups is 13. The van der Waals surface area contributed by atoms with Gasteiger partial charge in [0, 0.05) is 114 Å². The van der Waals surface area contributed by atoms with Gasteiger partial charge >= 0.3 is 65.8 Å². The van der Waals surface area contributed by atoms with Crippen molar-refractivity contribution in [2.75, 3.05) is 72.6 Å². The molecule has 3 aliphatic rings. The summed E-state index contributed by atoms with van der Waals surface area (Å²) in [5, 5.41) is 15.6. The maximum atomic E-state index is 13.8. The van der Waals surface area contributed by atoms with Gasteiger partial charge in [0.1, 0.15) is 68.5 Å². The van der Waals surface area contributed by atoms with Crippen molar-refractivity contribution in [1.29, 1.82) is 0 Å². The van der Waals surface area contributed by atoms with Crippen LogP contribution >= 0.6 is 0 Å². The molecule has 0 bridgehead atoms.